The normalized spacial score (nSPS) is 31.6. The van der Waals surface area contributed by atoms with Gasteiger partial charge in [-0.25, -0.2) is 9.78 Å². The van der Waals surface area contributed by atoms with E-state index in [0.717, 1.165) is 25.8 Å². The molecule has 1 saturated heterocycles. The molecular weight excluding hydrogens is 238 g/mol. The lowest BCUT2D eigenvalue weighted by Gasteiger charge is -2.26. The molecule has 0 unspecified atom stereocenters. The van der Waals surface area contributed by atoms with Crippen LogP contribution in [0.2, 0.25) is 0 Å². The maximum absolute atomic E-state index is 12.1. The van der Waals surface area contributed by atoms with Crippen LogP contribution in [0.4, 0.5) is 9.93 Å². The van der Waals surface area contributed by atoms with Crippen LogP contribution in [-0.2, 0) is 0 Å². The Morgan fingerprint density at radius 1 is 1.53 bits per heavy atom. The molecule has 1 aromatic rings. The van der Waals surface area contributed by atoms with Crippen LogP contribution in [0.1, 0.15) is 19.3 Å². The van der Waals surface area contributed by atoms with Crippen molar-refractivity contribution in [3.05, 3.63) is 11.6 Å². The fourth-order valence-corrected chi connectivity index (χ4v) is 3.48. The first-order chi connectivity index (χ1) is 8.25. The standard InChI is InChI=1S/C11H15N3O2S/c15-8-2-1-7-3-5-14(9(7)8)11(16)13-10-12-4-6-17-10/h4,6-9,15H,1-3,5H2,(H,12,13,16)/t7-,8-,9+/m1/s1. The van der Waals surface area contributed by atoms with Crippen molar-refractivity contribution in [2.45, 2.75) is 31.4 Å². The molecule has 0 bridgehead atoms. The van der Waals surface area contributed by atoms with E-state index < -0.39 is 0 Å². The third-order valence-electron chi connectivity index (χ3n) is 3.72. The monoisotopic (exact) mass is 253 g/mol. The summed E-state index contributed by atoms with van der Waals surface area (Å²) in [4.78, 5) is 17.9. The Morgan fingerprint density at radius 2 is 2.41 bits per heavy atom. The summed E-state index contributed by atoms with van der Waals surface area (Å²) in [5.74, 6) is 0.479. The number of hydrogen-bond donors (Lipinski definition) is 2. The zero-order valence-electron chi connectivity index (χ0n) is 9.37. The Hall–Kier alpha value is -1.14. The van der Waals surface area contributed by atoms with Crippen molar-refractivity contribution in [3.8, 4) is 0 Å². The second kappa shape index (κ2) is 4.27. The minimum absolute atomic E-state index is 0.00922. The summed E-state index contributed by atoms with van der Waals surface area (Å²) in [6, 6.07) is -0.122. The maximum atomic E-state index is 12.1. The largest absolute Gasteiger partial charge is 0.391 e. The predicted molar refractivity (Wildman–Crippen MR) is 65.0 cm³/mol. The first-order valence-corrected chi connectivity index (χ1v) is 6.79. The average molecular weight is 253 g/mol. The van der Waals surface area contributed by atoms with Gasteiger partial charge in [-0.3, -0.25) is 5.32 Å². The van der Waals surface area contributed by atoms with E-state index in [1.165, 1.54) is 11.3 Å². The second-order valence-electron chi connectivity index (χ2n) is 4.64. The molecule has 6 heteroatoms. The molecule has 0 aromatic carbocycles. The summed E-state index contributed by atoms with van der Waals surface area (Å²) in [6.07, 6.45) is 4.16. The molecule has 2 heterocycles. The maximum Gasteiger partial charge on any atom is 0.323 e. The van der Waals surface area contributed by atoms with Gasteiger partial charge in [0.05, 0.1) is 12.1 Å². The van der Waals surface area contributed by atoms with E-state index >= 15 is 0 Å². The molecule has 0 radical (unpaired) electrons. The summed E-state index contributed by atoms with van der Waals surface area (Å²) < 4.78 is 0. The Bertz CT molecular complexity index is 409. The number of carbonyl (C=O) groups excluding carboxylic acids is 1. The van der Waals surface area contributed by atoms with E-state index in [1.807, 2.05) is 5.38 Å². The van der Waals surface area contributed by atoms with Crippen molar-refractivity contribution in [1.82, 2.24) is 9.88 Å². The molecular formula is C11H15N3O2S. The number of rotatable bonds is 1. The van der Waals surface area contributed by atoms with Gasteiger partial charge in [0.1, 0.15) is 0 Å². The SMILES string of the molecule is O=C(Nc1nccs1)N1CC[C@H]2CC[C@@H](O)[C@H]21. The number of anilines is 1. The molecule has 3 atom stereocenters. The Balaban J connectivity index is 1.70. The topological polar surface area (TPSA) is 65.5 Å². The summed E-state index contributed by atoms with van der Waals surface area (Å²) >= 11 is 1.40. The number of hydrogen-bond acceptors (Lipinski definition) is 4. The van der Waals surface area contributed by atoms with E-state index in [0.29, 0.717) is 11.0 Å². The van der Waals surface area contributed by atoms with E-state index in [1.54, 1.807) is 11.1 Å². The van der Waals surface area contributed by atoms with Crippen LogP contribution >= 0.6 is 11.3 Å². The van der Waals surface area contributed by atoms with E-state index in [4.69, 9.17) is 0 Å². The number of amides is 2. The van der Waals surface area contributed by atoms with Crippen molar-refractivity contribution in [1.29, 1.82) is 0 Å². The van der Waals surface area contributed by atoms with Gasteiger partial charge in [0.25, 0.3) is 0 Å². The molecule has 5 nitrogen and oxygen atoms in total. The number of nitrogens with zero attached hydrogens (tertiary/aromatic N) is 2. The molecule has 0 spiro atoms. The summed E-state index contributed by atoms with van der Waals surface area (Å²) in [5, 5.41) is 15.1. The van der Waals surface area contributed by atoms with Gasteiger partial charge in [-0.2, -0.15) is 0 Å². The number of fused-ring (bicyclic) bond motifs is 1. The Morgan fingerprint density at radius 3 is 3.18 bits per heavy atom. The third kappa shape index (κ3) is 1.91. The smallest absolute Gasteiger partial charge is 0.323 e. The number of aliphatic hydroxyl groups is 1. The van der Waals surface area contributed by atoms with Gasteiger partial charge in [-0.05, 0) is 25.2 Å². The Labute approximate surface area is 103 Å². The Kier molecular flexibility index (Phi) is 2.76. The number of thiazole rings is 1. The van der Waals surface area contributed by atoms with Gasteiger partial charge in [-0.15, -0.1) is 11.3 Å². The zero-order valence-corrected chi connectivity index (χ0v) is 10.2. The lowest BCUT2D eigenvalue weighted by molar-refractivity contribution is 0.101. The van der Waals surface area contributed by atoms with Crippen LogP contribution in [0.15, 0.2) is 11.6 Å². The van der Waals surface area contributed by atoms with E-state index in [2.05, 4.69) is 10.3 Å². The highest BCUT2D eigenvalue weighted by Gasteiger charge is 2.45. The summed E-state index contributed by atoms with van der Waals surface area (Å²) in [5.41, 5.74) is 0. The van der Waals surface area contributed by atoms with Crippen LogP contribution in [0, 0.1) is 5.92 Å². The molecule has 2 aliphatic rings. The van der Waals surface area contributed by atoms with Crippen molar-refractivity contribution < 1.29 is 9.90 Å². The van der Waals surface area contributed by atoms with Gasteiger partial charge >= 0.3 is 6.03 Å². The van der Waals surface area contributed by atoms with Gasteiger partial charge < -0.3 is 10.0 Å². The number of urea groups is 1. The van der Waals surface area contributed by atoms with Crippen molar-refractivity contribution >= 4 is 22.5 Å². The van der Waals surface area contributed by atoms with Crippen molar-refractivity contribution in [3.63, 3.8) is 0 Å². The average Bonchev–Trinajstić information content (AvgIpc) is 2.97. The molecule has 2 fully saturated rings. The number of aromatic nitrogens is 1. The lowest BCUT2D eigenvalue weighted by Crippen LogP contribution is -2.44. The van der Waals surface area contributed by atoms with Gasteiger partial charge in [0, 0.05) is 18.1 Å². The van der Waals surface area contributed by atoms with Crippen molar-refractivity contribution in [2.75, 3.05) is 11.9 Å². The highest BCUT2D eigenvalue weighted by molar-refractivity contribution is 7.13. The van der Waals surface area contributed by atoms with Gasteiger partial charge in [-0.1, -0.05) is 0 Å². The predicted octanol–water partition coefficient (Wildman–Crippen LogP) is 1.52. The zero-order chi connectivity index (χ0) is 11.8. The number of aliphatic hydroxyl groups excluding tert-OH is 1. The number of likely N-dealkylation sites (tertiary alicyclic amines) is 1. The fourth-order valence-electron chi connectivity index (χ4n) is 2.96. The fraction of sp³-hybridized carbons (Fsp3) is 0.636. The van der Waals surface area contributed by atoms with Crippen LogP contribution < -0.4 is 5.32 Å². The summed E-state index contributed by atoms with van der Waals surface area (Å²) in [6.45, 7) is 0.740. The summed E-state index contributed by atoms with van der Waals surface area (Å²) in [7, 11) is 0. The molecule has 17 heavy (non-hydrogen) atoms. The molecule has 1 aliphatic carbocycles. The second-order valence-corrected chi connectivity index (χ2v) is 5.54. The minimum atomic E-state index is -0.357. The van der Waals surface area contributed by atoms with E-state index in [9.17, 15) is 9.90 Å². The molecule has 2 amide bonds. The molecule has 1 saturated carbocycles. The molecule has 3 rings (SSSR count). The number of nitrogens with one attached hydrogen (secondary N) is 1. The molecule has 1 aliphatic heterocycles. The van der Waals surface area contributed by atoms with Crippen LogP contribution in [-0.4, -0.2) is 39.7 Å². The van der Waals surface area contributed by atoms with Crippen LogP contribution in [0.3, 0.4) is 0 Å². The molecule has 92 valence electrons. The lowest BCUT2D eigenvalue weighted by atomic mass is 10.0. The molecule has 2 N–H and O–H groups in total. The first-order valence-electron chi connectivity index (χ1n) is 5.91. The highest BCUT2D eigenvalue weighted by atomic mass is 32.1. The first kappa shape index (κ1) is 11.0. The van der Waals surface area contributed by atoms with E-state index in [-0.39, 0.29) is 18.2 Å². The van der Waals surface area contributed by atoms with Gasteiger partial charge in [0.15, 0.2) is 5.13 Å². The minimum Gasteiger partial charge on any atom is -0.391 e. The molecule has 1 aromatic heterocycles. The van der Waals surface area contributed by atoms with Gasteiger partial charge in [0.2, 0.25) is 0 Å². The number of carbonyl (C=O) groups is 1. The quantitative estimate of drug-likeness (QED) is 0.797. The highest BCUT2D eigenvalue weighted by Crippen LogP contribution is 2.38. The third-order valence-corrected chi connectivity index (χ3v) is 4.41. The van der Waals surface area contributed by atoms with Crippen LogP contribution in [0.25, 0.3) is 0 Å². The van der Waals surface area contributed by atoms with Crippen LogP contribution in [0.5, 0.6) is 0 Å². The van der Waals surface area contributed by atoms with Crippen molar-refractivity contribution in [2.24, 2.45) is 5.92 Å².